The Morgan fingerprint density at radius 3 is 1.82 bits per heavy atom. The van der Waals surface area contributed by atoms with Crippen molar-refractivity contribution in [2.75, 3.05) is 12.8 Å². The second kappa shape index (κ2) is 13.1. The smallest absolute Gasteiger partial charge is 0.223 e. The van der Waals surface area contributed by atoms with Crippen LogP contribution in [-0.2, 0) is 19.9 Å². The molecule has 0 bridgehead atoms. The molecule has 2 atom stereocenters. The van der Waals surface area contributed by atoms with Crippen LogP contribution in [0.5, 0.6) is 0 Å². The molecule has 0 saturated heterocycles. The van der Waals surface area contributed by atoms with E-state index in [0.29, 0.717) is 0 Å². The van der Waals surface area contributed by atoms with Crippen LogP contribution in [0.3, 0.4) is 0 Å². The summed E-state index contributed by atoms with van der Waals surface area (Å²) in [7, 11) is -7.59. The van der Waals surface area contributed by atoms with Crippen molar-refractivity contribution in [2.45, 2.75) is 54.5 Å². The lowest BCUT2D eigenvalue weighted by molar-refractivity contribution is 0.266. The molecule has 0 heterocycles. The van der Waals surface area contributed by atoms with Crippen LogP contribution < -0.4 is 0 Å². The van der Waals surface area contributed by atoms with Crippen molar-refractivity contribution in [3.8, 4) is 0 Å². The molecule has 8 heteroatoms. The molecule has 0 spiro atoms. The fourth-order valence-corrected chi connectivity index (χ4v) is 8.99. The molecular formula is C30H37NO4S3. The van der Waals surface area contributed by atoms with Gasteiger partial charge in [0.05, 0.1) is 9.79 Å². The molecule has 38 heavy (non-hydrogen) atoms. The van der Waals surface area contributed by atoms with E-state index in [1.165, 1.54) is 16.1 Å². The van der Waals surface area contributed by atoms with Crippen LogP contribution >= 0.6 is 11.8 Å². The van der Waals surface area contributed by atoms with Crippen LogP contribution in [0.15, 0.2) is 94.7 Å². The summed E-state index contributed by atoms with van der Waals surface area (Å²) in [6.07, 6.45) is 5.66. The summed E-state index contributed by atoms with van der Waals surface area (Å²) in [6.45, 7) is 7.83. The van der Waals surface area contributed by atoms with Crippen molar-refractivity contribution in [1.82, 2.24) is 4.31 Å². The highest BCUT2D eigenvalue weighted by Gasteiger charge is 2.37. The second-order valence-electron chi connectivity index (χ2n) is 9.77. The molecule has 5 nitrogen and oxygen atoms in total. The van der Waals surface area contributed by atoms with Gasteiger partial charge in [0.15, 0.2) is 9.84 Å². The summed E-state index contributed by atoms with van der Waals surface area (Å²) in [6, 6.07) is 22.8. The number of hydrogen-bond acceptors (Lipinski definition) is 5. The predicted octanol–water partition coefficient (Wildman–Crippen LogP) is 6.59. The number of sulfonamides is 1. The Labute approximate surface area is 233 Å². The highest BCUT2D eigenvalue weighted by atomic mass is 32.3. The van der Waals surface area contributed by atoms with Gasteiger partial charge in [-0.25, -0.2) is 16.8 Å². The van der Waals surface area contributed by atoms with Gasteiger partial charge in [0.2, 0.25) is 10.0 Å². The van der Waals surface area contributed by atoms with Gasteiger partial charge < -0.3 is 0 Å². The van der Waals surface area contributed by atoms with Crippen LogP contribution in [-0.4, -0.2) is 44.6 Å². The summed E-state index contributed by atoms with van der Waals surface area (Å²) in [4.78, 5) is 0.450. The maximum absolute atomic E-state index is 14.0. The zero-order valence-electron chi connectivity index (χ0n) is 22.6. The van der Waals surface area contributed by atoms with Gasteiger partial charge in [-0.05, 0) is 62.3 Å². The lowest BCUT2D eigenvalue weighted by atomic mass is 10.0. The summed E-state index contributed by atoms with van der Waals surface area (Å²) in [5.41, 5.74) is 2.90. The van der Waals surface area contributed by atoms with Gasteiger partial charge in [0, 0.05) is 12.6 Å². The Kier molecular flexibility index (Phi) is 10.4. The number of benzene rings is 3. The van der Waals surface area contributed by atoms with E-state index in [1.807, 2.05) is 70.2 Å². The quantitative estimate of drug-likeness (QED) is 0.245. The molecule has 0 aliphatic heterocycles. The first-order valence-corrected chi connectivity index (χ1v) is 16.9. The lowest BCUT2D eigenvalue weighted by Crippen LogP contribution is -2.45. The van der Waals surface area contributed by atoms with Gasteiger partial charge in [-0.15, -0.1) is 11.8 Å². The van der Waals surface area contributed by atoms with E-state index in [1.54, 1.807) is 54.8 Å². The molecule has 0 N–H and O–H groups in total. The number of nitrogens with zero attached hydrogens (tertiary/aromatic N) is 1. The molecule has 0 amide bonds. The van der Waals surface area contributed by atoms with Gasteiger partial charge in [-0.1, -0.05) is 91.7 Å². The fourth-order valence-electron chi connectivity index (χ4n) is 4.26. The Morgan fingerprint density at radius 1 is 0.789 bits per heavy atom. The van der Waals surface area contributed by atoms with Crippen molar-refractivity contribution < 1.29 is 16.8 Å². The first-order valence-electron chi connectivity index (χ1n) is 12.6. The molecule has 0 radical (unpaired) electrons. The first kappa shape index (κ1) is 30.2. The van der Waals surface area contributed by atoms with Crippen LogP contribution in [0.2, 0.25) is 0 Å². The summed E-state index contributed by atoms with van der Waals surface area (Å²) >= 11 is 1.24. The molecule has 0 aliphatic rings. The van der Waals surface area contributed by atoms with E-state index in [-0.39, 0.29) is 28.7 Å². The van der Waals surface area contributed by atoms with E-state index in [2.05, 4.69) is 0 Å². The molecule has 3 aromatic rings. The van der Waals surface area contributed by atoms with Gasteiger partial charge in [0.25, 0.3) is 0 Å². The minimum absolute atomic E-state index is 0.122. The fraction of sp³-hybridized carbons (Fsp3) is 0.333. The average Bonchev–Trinajstić information content (AvgIpc) is 2.88. The molecule has 3 rings (SSSR count). The van der Waals surface area contributed by atoms with Crippen molar-refractivity contribution in [3.05, 3.63) is 102 Å². The van der Waals surface area contributed by atoms with E-state index in [4.69, 9.17) is 0 Å². The first-order chi connectivity index (χ1) is 18.0. The zero-order chi connectivity index (χ0) is 27.9. The number of sulfone groups is 1. The van der Waals surface area contributed by atoms with E-state index in [9.17, 15) is 16.8 Å². The Balaban J connectivity index is 2.02. The minimum Gasteiger partial charge on any atom is -0.223 e. The van der Waals surface area contributed by atoms with Gasteiger partial charge in [-0.2, -0.15) is 4.31 Å². The van der Waals surface area contributed by atoms with Crippen molar-refractivity contribution in [3.63, 3.8) is 0 Å². The van der Waals surface area contributed by atoms with Gasteiger partial charge in [0.1, 0.15) is 4.58 Å². The van der Waals surface area contributed by atoms with E-state index in [0.717, 1.165) is 16.7 Å². The largest absolute Gasteiger partial charge is 0.243 e. The van der Waals surface area contributed by atoms with Crippen molar-refractivity contribution in [2.24, 2.45) is 5.92 Å². The maximum atomic E-state index is 14.0. The standard InChI is InChI=1S/C30H37NO4S3/c1-23(2)29(22-30(36-5)37(32,33)27-17-13-24(3)14-18-27)31(21-9-12-26-10-7-6-8-11-26)38(34,35)28-19-15-25(4)16-20-28/h6-20,23,29-30H,21-22H2,1-5H3/b12-9+/t29-,30?/m1/s1. The third-order valence-corrected chi connectivity index (χ3v) is 12.3. The highest BCUT2D eigenvalue weighted by molar-refractivity contribution is 8.13. The topological polar surface area (TPSA) is 71.5 Å². The Bertz CT molecular complexity index is 1420. The van der Waals surface area contributed by atoms with E-state index >= 15 is 0 Å². The predicted molar refractivity (Wildman–Crippen MR) is 159 cm³/mol. The van der Waals surface area contributed by atoms with Crippen LogP contribution in [0.25, 0.3) is 6.08 Å². The molecule has 204 valence electrons. The molecule has 0 saturated carbocycles. The summed E-state index contributed by atoms with van der Waals surface area (Å²) in [5, 5.41) is 0. The highest BCUT2D eigenvalue weighted by Crippen LogP contribution is 2.33. The lowest BCUT2D eigenvalue weighted by Gasteiger charge is -2.35. The molecule has 0 aromatic heterocycles. The average molecular weight is 572 g/mol. The maximum Gasteiger partial charge on any atom is 0.243 e. The number of hydrogen-bond donors (Lipinski definition) is 0. The second-order valence-corrected chi connectivity index (χ2v) is 15.1. The molecule has 3 aromatic carbocycles. The number of rotatable bonds is 12. The third-order valence-electron chi connectivity index (χ3n) is 6.55. The Morgan fingerprint density at radius 2 is 1.32 bits per heavy atom. The van der Waals surface area contributed by atoms with Gasteiger partial charge in [-0.3, -0.25) is 0 Å². The summed E-state index contributed by atoms with van der Waals surface area (Å²) in [5.74, 6) is -0.122. The normalized spacial score (nSPS) is 14.3. The van der Waals surface area contributed by atoms with Gasteiger partial charge >= 0.3 is 0 Å². The molecule has 0 fully saturated rings. The van der Waals surface area contributed by atoms with Crippen molar-refractivity contribution in [1.29, 1.82) is 0 Å². The monoisotopic (exact) mass is 571 g/mol. The molecule has 0 aliphatic carbocycles. The Hall–Kier alpha value is -2.39. The van der Waals surface area contributed by atoms with Crippen LogP contribution in [0.4, 0.5) is 0 Å². The van der Waals surface area contributed by atoms with Crippen LogP contribution in [0, 0.1) is 19.8 Å². The molecule has 1 unspecified atom stereocenters. The van der Waals surface area contributed by atoms with Crippen molar-refractivity contribution >= 4 is 37.7 Å². The van der Waals surface area contributed by atoms with E-state index < -0.39 is 30.5 Å². The summed E-state index contributed by atoms with van der Waals surface area (Å²) < 4.78 is 55.9. The minimum atomic E-state index is -3.91. The SMILES string of the molecule is CSC(C[C@H](C(C)C)N(C/C=C/c1ccccc1)S(=O)(=O)c1ccc(C)cc1)S(=O)(=O)c1ccc(C)cc1. The third kappa shape index (κ3) is 7.38. The molecular weight excluding hydrogens is 535 g/mol. The van der Waals surface area contributed by atoms with Crippen LogP contribution in [0.1, 0.15) is 37.0 Å². The zero-order valence-corrected chi connectivity index (χ0v) is 25.1. The number of thioether (sulfide) groups is 1. The number of aryl methyl sites for hydroxylation is 2.